The largest absolute Gasteiger partial charge is 0.338 e. The van der Waals surface area contributed by atoms with Crippen LogP contribution in [-0.2, 0) is 0 Å². The van der Waals surface area contributed by atoms with Crippen LogP contribution in [0.1, 0.15) is 46.2 Å². The van der Waals surface area contributed by atoms with Crippen molar-refractivity contribution in [1.29, 1.82) is 0 Å². The number of likely N-dealkylation sites (tertiary alicyclic amines) is 1. The Hall–Kier alpha value is -2.14. The van der Waals surface area contributed by atoms with Crippen LogP contribution in [0.15, 0.2) is 29.1 Å². The number of hydrogen-bond donors (Lipinski definition) is 1. The number of nitrogens with zero attached hydrogens (tertiary/aromatic N) is 2. The number of aromatic amines is 1. The number of aromatic nitrogens is 2. The van der Waals surface area contributed by atoms with E-state index in [1.807, 2.05) is 17.9 Å². The van der Waals surface area contributed by atoms with Gasteiger partial charge in [-0.2, -0.15) is 0 Å². The third kappa shape index (κ3) is 3.51. The minimum absolute atomic E-state index is 0.000953. The summed E-state index contributed by atoms with van der Waals surface area (Å²) in [5.41, 5.74) is 2.16. The number of piperidine rings is 1. The lowest BCUT2D eigenvalue weighted by atomic mass is 9.94. The third-order valence-electron chi connectivity index (χ3n) is 4.41. The Kier molecular flexibility index (Phi) is 4.71. The van der Waals surface area contributed by atoms with Gasteiger partial charge in [0.2, 0.25) is 0 Å². The van der Waals surface area contributed by atoms with Crippen LogP contribution < -0.4 is 5.56 Å². The van der Waals surface area contributed by atoms with Crippen LogP contribution in [0.4, 0.5) is 0 Å². The second-order valence-corrected chi connectivity index (χ2v) is 6.72. The van der Waals surface area contributed by atoms with Gasteiger partial charge in [-0.3, -0.25) is 9.59 Å². The Morgan fingerprint density at radius 1 is 1.33 bits per heavy atom. The lowest BCUT2D eigenvalue weighted by molar-refractivity contribution is 0.0705. The molecule has 1 saturated heterocycles. The van der Waals surface area contributed by atoms with Gasteiger partial charge in [0.15, 0.2) is 0 Å². The molecule has 1 atom stereocenters. The van der Waals surface area contributed by atoms with E-state index < -0.39 is 0 Å². The maximum atomic E-state index is 12.8. The smallest absolute Gasteiger partial charge is 0.253 e. The van der Waals surface area contributed by atoms with Crippen LogP contribution in [0.5, 0.6) is 0 Å². The van der Waals surface area contributed by atoms with E-state index in [2.05, 4.69) is 9.97 Å². The summed E-state index contributed by atoms with van der Waals surface area (Å²) in [4.78, 5) is 33.4. The zero-order chi connectivity index (χ0) is 17.3. The van der Waals surface area contributed by atoms with Crippen molar-refractivity contribution in [2.45, 2.75) is 32.6 Å². The molecule has 2 heterocycles. The number of nitrogens with one attached hydrogen (secondary N) is 1. The van der Waals surface area contributed by atoms with Crippen molar-refractivity contribution >= 4 is 17.5 Å². The van der Waals surface area contributed by atoms with E-state index in [9.17, 15) is 9.59 Å². The van der Waals surface area contributed by atoms with Crippen molar-refractivity contribution in [3.8, 4) is 0 Å². The molecule has 1 N–H and O–H groups in total. The second-order valence-electron chi connectivity index (χ2n) is 6.31. The Bertz CT molecular complexity index is 831. The Morgan fingerprint density at radius 3 is 2.83 bits per heavy atom. The lowest BCUT2D eigenvalue weighted by Crippen LogP contribution is -2.39. The molecule has 24 heavy (non-hydrogen) atoms. The van der Waals surface area contributed by atoms with Gasteiger partial charge in [0.25, 0.3) is 11.5 Å². The van der Waals surface area contributed by atoms with E-state index in [1.165, 1.54) is 6.07 Å². The molecule has 1 aliphatic rings. The average Bonchev–Trinajstić information content (AvgIpc) is 2.56. The van der Waals surface area contributed by atoms with Gasteiger partial charge in [-0.25, -0.2) is 4.98 Å². The summed E-state index contributed by atoms with van der Waals surface area (Å²) in [5, 5.41) is 0.659. The second kappa shape index (κ2) is 6.77. The predicted octanol–water partition coefficient (Wildman–Crippen LogP) is 3.06. The van der Waals surface area contributed by atoms with Crippen molar-refractivity contribution in [2.24, 2.45) is 0 Å². The van der Waals surface area contributed by atoms with Gasteiger partial charge < -0.3 is 9.88 Å². The fourth-order valence-electron chi connectivity index (χ4n) is 3.18. The third-order valence-corrected chi connectivity index (χ3v) is 4.84. The first-order chi connectivity index (χ1) is 11.4. The van der Waals surface area contributed by atoms with Crippen molar-refractivity contribution < 1.29 is 4.79 Å². The van der Waals surface area contributed by atoms with Crippen molar-refractivity contribution in [3.05, 3.63) is 62.3 Å². The maximum Gasteiger partial charge on any atom is 0.253 e. The minimum atomic E-state index is -0.144. The van der Waals surface area contributed by atoms with E-state index in [1.54, 1.807) is 19.1 Å². The molecular formula is C18H20ClN3O2. The number of halogens is 1. The molecule has 1 amide bonds. The highest BCUT2D eigenvalue weighted by molar-refractivity contribution is 6.31. The molecule has 0 aliphatic carbocycles. The fraction of sp³-hybridized carbons (Fsp3) is 0.389. The molecule has 5 nitrogen and oxygen atoms in total. The minimum Gasteiger partial charge on any atom is -0.338 e. The van der Waals surface area contributed by atoms with Gasteiger partial charge in [0, 0.05) is 35.7 Å². The molecule has 1 unspecified atom stereocenters. The van der Waals surface area contributed by atoms with E-state index in [-0.39, 0.29) is 17.4 Å². The molecule has 3 rings (SSSR count). The molecule has 1 fully saturated rings. The molecule has 0 bridgehead atoms. The molecular weight excluding hydrogens is 326 g/mol. The van der Waals surface area contributed by atoms with Crippen LogP contribution in [0.2, 0.25) is 5.02 Å². The molecule has 0 spiro atoms. The zero-order valence-corrected chi connectivity index (χ0v) is 14.6. The summed E-state index contributed by atoms with van der Waals surface area (Å²) in [5.74, 6) is 0.701. The van der Waals surface area contributed by atoms with Crippen molar-refractivity contribution in [1.82, 2.24) is 14.9 Å². The Balaban J connectivity index is 1.81. The van der Waals surface area contributed by atoms with E-state index in [4.69, 9.17) is 11.6 Å². The molecule has 1 aliphatic heterocycles. The molecule has 126 valence electrons. The SMILES string of the molecule is Cc1nc(C2CCCN(C(=O)c3ccc(Cl)c(C)c3)C2)cc(=O)[nH]1. The van der Waals surface area contributed by atoms with Crippen LogP contribution >= 0.6 is 11.6 Å². The first kappa shape index (κ1) is 16.7. The Labute approximate surface area is 145 Å². The van der Waals surface area contributed by atoms with Crippen molar-refractivity contribution in [2.75, 3.05) is 13.1 Å². The number of amides is 1. The topological polar surface area (TPSA) is 66.1 Å². The highest BCUT2D eigenvalue weighted by atomic mass is 35.5. The van der Waals surface area contributed by atoms with Crippen LogP contribution in [-0.4, -0.2) is 33.9 Å². The number of aryl methyl sites for hydroxylation is 2. The van der Waals surface area contributed by atoms with Gasteiger partial charge >= 0.3 is 0 Å². The fourth-order valence-corrected chi connectivity index (χ4v) is 3.29. The standard InChI is InChI=1S/C18H20ClN3O2/c1-11-8-13(5-6-15(11)19)18(24)22-7-3-4-14(10-22)16-9-17(23)21-12(2)20-16/h5-6,8-9,14H,3-4,7,10H2,1-2H3,(H,20,21,23). The molecule has 1 aromatic carbocycles. The molecule has 6 heteroatoms. The number of carbonyl (C=O) groups excluding carboxylic acids is 1. The van der Waals surface area contributed by atoms with Crippen molar-refractivity contribution in [3.63, 3.8) is 0 Å². The summed E-state index contributed by atoms with van der Waals surface area (Å²) < 4.78 is 0. The number of H-pyrrole nitrogens is 1. The summed E-state index contributed by atoms with van der Waals surface area (Å²) in [6.07, 6.45) is 1.83. The van der Waals surface area contributed by atoms with Crippen LogP contribution in [0, 0.1) is 13.8 Å². The molecule has 0 saturated carbocycles. The normalized spacial score (nSPS) is 17.8. The van der Waals surface area contributed by atoms with E-state index >= 15 is 0 Å². The highest BCUT2D eigenvalue weighted by Gasteiger charge is 2.26. The summed E-state index contributed by atoms with van der Waals surface area (Å²) in [6, 6.07) is 6.88. The first-order valence-corrected chi connectivity index (χ1v) is 8.45. The Morgan fingerprint density at radius 2 is 2.12 bits per heavy atom. The van der Waals surface area contributed by atoms with Gasteiger partial charge in [-0.05, 0) is 50.5 Å². The van der Waals surface area contributed by atoms with Gasteiger partial charge in [0.05, 0.1) is 5.69 Å². The van der Waals surface area contributed by atoms with E-state index in [0.717, 1.165) is 30.6 Å². The summed E-state index contributed by atoms with van der Waals surface area (Å²) in [6.45, 7) is 4.96. The monoisotopic (exact) mass is 345 g/mol. The van der Waals surface area contributed by atoms with Gasteiger partial charge in [-0.15, -0.1) is 0 Å². The van der Waals surface area contributed by atoms with E-state index in [0.29, 0.717) is 23.0 Å². The molecule has 1 aromatic heterocycles. The molecule has 0 radical (unpaired) electrons. The van der Waals surface area contributed by atoms with Crippen LogP contribution in [0.25, 0.3) is 0 Å². The lowest BCUT2D eigenvalue weighted by Gasteiger charge is -2.32. The van der Waals surface area contributed by atoms with Crippen LogP contribution in [0.3, 0.4) is 0 Å². The maximum absolute atomic E-state index is 12.8. The average molecular weight is 346 g/mol. The van der Waals surface area contributed by atoms with Gasteiger partial charge in [-0.1, -0.05) is 11.6 Å². The number of carbonyl (C=O) groups is 1. The number of hydrogen-bond acceptors (Lipinski definition) is 3. The zero-order valence-electron chi connectivity index (χ0n) is 13.8. The summed E-state index contributed by atoms with van der Waals surface area (Å²) in [7, 11) is 0. The number of rotatable bonds is 2. The first-order valence-electron chi connectivity index (χ1n) is 8.07. The summed E-state index contributed by atoms with van der Waals surface area (Å²) >= 11 is 6.04. The number of benzene rings is 1. The highest BCUT2D eigenvalue weighted by Crippen LogP contribution is 2.26. The van der Waals surface area contributed by atoms with Gasteiger partial charge in [0.1, 0.15) is 5.82 Å². The predicted molar refractivity (Wildman–Crippen MR) is 93.7 cm³/mol. The quantitative estimate of drug-likeness (QED) is 0.909. The molecule has 2 aromatic rings.